The van der Waals surface area contributed by atoms with E-state index in [1.54, 1.807) is 18.3 Å². The molecule has 0 unspecified atom stereocenters. The molecule has 0 saturated carbocycles. The van der Waals surface area contributed by atoms with Crippen LogP contribution in [-0.2, 0) is 0 Å². The summed E-state index contributed by atoms with van der Waals surface area (Å²) in [5.74, 6) is 0.582. The van der Waals surface area contributed by atoms with E-state index >= 15 is 0 Å². The van der Waals surface area contributed by atoms with E-state index < -0.39 is 0 Å². The Labute approximate surface area is 79.6 Å². The summed E-state index contributed by atoms with van der Waals surface area (Å²) in [5, 5.41) is 12.7. The molecule has 0 aliphatic heterocycles. The summed E-state index contributed by atoms with van der Waals surface area (Å²) in [6, 6.07) is 5.35. The summed E-state index contributed by atoms with van der Waals surface area (Å²) in [7, 11) is 0. The van der Waals surface area contributed by atoms with Gasteiger partial charge in [-0.15, -0.1) is 5.10 Å². The molecule has 14 heavy (non-hydrogen) atoms. The lowest BCUT2D eigenvalue weighted by Gasteiger charge is -1.99. The van der Waals surface area contributed by atoms with Crippen LogP contribution in [0.3, 0.4) is 0 Å². The van der Waals surface area contributed by atoms with Gasteiger partial charge in [-0.1, -0.05) is 0 Å². The van der Waals surface area contributed by atoms with Crippen molar-refractivity contribution >= 4 is 5.95 Å². The number of pyridine rings is 1. The van der Waals surface area contributed by atoms with Crippen LogP contribution in [0.15, 0.2) is 24.7 Å². The second-order valence-electron chi connectivity index (χ2n) is 2.53. The van der Waals surface area contributed by atoms with E-state index in [1.807, 2.05) is 6.07 Å². The van der Waals surface area contributed by atoms with E-state index in [-0.39, 0.29) is 5.95 Å². The van der Waals surface area contributed by atoms with Gasteiger partial charge < -0.3 is 5.73 Å². The van der Waals surface area contributed by atoms with Crippen LogP contribution in [0, 0.1) is 11.3 Å². The lowest BCUT2D eigenvalue weighted by atomic mass is 10.3. The van der Waals surface area contributed by atoms with E-state index in [2.05, 4.69) is 15.1 Å². The molecule has 0 fully saturated rings. The molecule has 6 nitrogen and oxygen atoms in total. The number of nitrogens with two attached hydrogens (primary N) is 1. The molecule has 0 aliphatic carbocycles. The normalized spacial score (nSPS) is 9.64. The molecule has 0 amide bonds. The molecule has 0 bridgehead atoms. The Hall–Kier alpha value is -2.42. The van der Waals surface area contributed by atoms with Crippen molar-refractivity contribution in [2.75, 3.05) is 5.73 Å². The van der Waals surface area contributed by atoms with Gasteiger partial charge in [-0.3, -0.25) is 0 Å². The third kappa shape index (κ3) is 1.27. The Kier molecular flexibility index (Phi) is 1.84. The summed E-state index contributed by atoms with van der Waals surface area (Å²) in [5.41, 5.74) is 5.78. The fourth-order valence-electron chi connectivity index (χ4n) is 1.04. The maximum Gasteiger partial charge on any atom is 0.239 e. The Bertz CT molecular complexity index is 495. The van der Waals surface area contributed by atoms with Crippen LogP contribution < -0.4 is 5.73 Å². The predicted octanol–water partition coefficient (Wildman–Crippen LogP) is 0.116. The number of rotatable bonds is 1. The number of anilines is 1. The molecule has 2 N–H and O–H groups in total. The first kappa shape index (κ1) is 8.19. The van der Waals surface area contributed by atoms with Gasteiger partial charge in [0.1, 0.15) is 12.4 Å². The van der Waals surface area contributed by atoms with E-state index in [4.69, 9.17) is 11.0 Å². The van der Waals surface area contributed by atoms with Gasteiger partial charge in [-0.25, -0.2) is 9.97 Å². The van der Waals surface area contributed by atoms with Gasteiger partial charge in [0.2, 0.25) is 5.95 Å². The lowest BCUT2D eigenvalue weighted by Crippen LogP contribution is -2.01. The maximum absolute atomic E-state index is 8.80. The van der Waals surface area contributed by atoms with E-state index in [1.165, 1.54) is 11.0 Å². The second-order valence-corrected chi connectivity index (χ2v) is 2.53. The topological polar surface area (TPSA) is 93.4 Å². The number of nitriles is 1. The van der Waals surface area contributed by atoms with Crippen LogP contribution in [0.1, 0.15) is 5.56 Å². The van der Waals surface area contributed by atoms with Crippen molar-refractivity contribution in [2.45, 2.75) is 0 Å². The summed E-state index contributed by atoms with van der Waals surface area (Å²) in [6.07, 6.45) is 2.99. The monoisotopic (exact) mass is 186 g/mol. The zero-order valence-electron chi connectivity index (χ0n) is 7.12. The van der Waals surface area contributed by atoms with Crippen molar-refractivity contribution in [2.24, 2.45) is 0 Å². The Morgan fingerprint density at radius 3 is 2.93 bits per heavy atom. The highest BCUT2D eigenvalue weighted by atomic mass is 15.4. The van der Waals surface area contributed by atoms with Gasteiger partial charge in [0.05, 0.1) is 5.56 Å². The number of hydrogen-bond acceptors (Lipinski definition) is 5. The van der Waals surface area contributed by atoms with Crippen molar-refractivity contribution in [3.63, 3.8) is 0 Å². The van der Waals surface area contributed by atoms with Crippen molar-refractivity contribution in [1.29, 1.82) is 5.26 Å². The number of nitrogens with zero attached hydrogens (tertiary/aromatic N) is 5. The fourth-order valence-corrected chi connectivity index (χ4v) is 1.04. The van der Waals surface area contributed by atoms with Gasteiger partial charge in [0.25, 0.3) is 0 Å². The summed E-state index contributed by atoms with van der Waals surface area (Å²) < 4.78 is 1.37. The van der Waals surface area contributed by atoms with Gasteiger partial charge in [-0.05, 0) is 12.1 Å². The molecule has 0 saturated heterocycles. The minimum absolute atomic E-state index is 0.152. The molecule has 2 rings (SSSR count). The molecule has 0 aromatic carbocycles. The first-order valence-corrected chi connectivity index (χ1v) is 3.84. The number of aromatic nitrogens is 4. The quantitative estimate of drug-likeness (QED) is 0.682. The number of hydrogen-bond donors (Lipinski definition) is 1. The Morgan fingerprint density at radius 2 is 2.29 bits per heavy atom. The molecule has 2 heterocycles. The van der Waals surface area contributed by atoms with Crippen molar-refractivity contribution in [3.8, 4) is 11.9 Å². The van der Waals surface area contributed by atoms with Gasteiger partial charge in [0, 0.05) is 6.20 Å². The first-order chi connectivity index (χ1) is 6.81. The minimum Gasteiger partial charge on any atom is -0.366 e. The highest BCUT2D eigenvalue weighted by molar-refractivity contribution is 5.42. The average Bonchev–Trinajstić information content (AvgIpc) is 2.65. The van der Waals surface area contributed by atoms with Crippen LogP contribution in [0.4, 0.5) is 5.95 Å². The highest BCUT2D eigenvalue weighted by Gasteiger charge is 2.06. The van der Waals surface area contributed by atoms with E-state index in [9.17, 15) is 0 Å². The largest absolute Gasteiger partial charge is 0.366 e. The Morgan fingerprint density at radius 1 is 1.43 bits per heavy atom. The van der Waals surface area contributed by atoms with Crippen LogP contribution in [0.5, 0.6) is 0 Å². The van der Waals surface area contributed by atoms with Gasteiger partial charge >= 0.3 is 0 Å². The zero-order chi connectivity index (χ0) is 9.97. The van der Waals surface area contributed by atoms with Crippen LogP contribution >= 0.6 is 0 Å². The molecule has 0 atom stereocenters. The van der Waals surface area contributed by atoms with Gasteiger partial charge in [-0.2, -0.15) is 9.94 Å². The molecular weight excluding hydrogens is 180 g/mol. The van der Waals surface area contributed by atoms with Crippen molar-refractivity contribution in [1.82, 2.24) is 19.7 Å². The van der Waals surface area contributed by atoms with Crippen LogP contribution in [0.25, 0.3) is 5.82 Å². The molecule has 0 spiro atoms. The third-order valence-electron chi connectivity index (χ3n) is 1.63. The molecule has 2 aromatic rings. The summed E-state index contributed by atoms with van der Waals surface area (Å²) in [4.78, 5) is 7.76. The lowest BCUT2D eigenvalue weighted by molar-refractivity contribution is 0.845. The van der Waals surface area contributed by atoms with E-state index in [0.717, 1.165) is 0 Å². The third-order valence-corrected chi connectivity index (χ3v) is 1.63. The van der Waals surface area contributed by atoms with E-state index in [0.29, 0.717) is 11.4 Å². The van der Waals surface area contributed by atoms with Crippen LogP contribution in [-0.4, -0.2) is 19.7 Å². The molecule has 68 valence electrons. The SMILES string of the molecule is N#Cc1cccnc1-n1cnc(N)n1. The standard InChI is InChI=1S/C8H6N6/c9-4-6-2-1-3-11-7(6)14-5-12-8(10)13-14/h1-3,5H,(H2,10,13). The molecule has 0 aliphatic rings. The second kappa shape index (κ2) is 3.14. The maximum atomic E-state index is 8.80. The zero-order valence-corrected chi connectivity index (χ0v) is 7.12. The number of nitrogen functional groups attached to an aromatic ring is 1. The average molecular weight is 186 g/mol. The molecule has 2 aromatic heterocycles. The van der Waals surface area contributed by atoms with Crippen LogP contribution in [0.2, 0.25) is 0 Å². The van der Waals surface area contributed by atoms with Crippen molar-refractivity contribution in [3.05, 3.63) is 30.2 Å². The minimum atomic E-state index is 0.152. The first-order valence-electron chi connectivity index (χ1n) is 3.84. The smallest absolute Gasteiger partial charge is 0.239 e. The summed E-state index contributed by atoms with van der Waals surface area (Å²) >= 11 is 0. The fraction of sp³-hybridized carbons (Fsp3) is 0. The Balaban J connectivity index is 2.57. The predicted molar refractivity (Wildman–Crippen MR) is 48.3 cm³/mol. The highest BCUT2D eigenvalue weighted by Crippen LogP contribution is 2.08. The van der Waals surface area contributed by atoms with Crippen molar-refractivity contribution < 1.29 is 0 Å². The molecular formula is C8H6N6. The summed E-state index contributed by atoms with van der Waals surface area (Å²) in [6.45, 7) is 0. The van der Waals surface area contributed by atoms with Gasteiger partial charge in [0.15, 0.2) is 5.82 Å². The molecule has 0 radical (unpaired) electrons. The molecule has 6 heteroatoms.